The summed E-state index contributed by atoms with van der Waals surface area (Å²) < 4.78 is 36.8. The Hall–Kier alpha value is -6.46. The van der Waals surface area contributed by atoms with E-state index in [1.807, 2.05) is 17.0 Å². The van der Waals surface area contributed by atoms with Crippen LogP contribution in [0.5, 0.6) is 11.6 Å². The van der Waals surface area contributed by atoms with Crippen LogP contribution in [0.15, 0.2) is 80.5 Å². The normalized spacial score (nSPS) is 11.0. The highest BCUT2D eigenvalue weighted by Gasteiger charge is 2.12. The maximum absolute atomic E-state index is 12.8. The van der Waals surface area contributed by atoms with Gasteiger partial charge in [-0.15, -0.1) is 0 Å². The van der Waals surface area contributed by atoms with Crippen LogP contribution in [-0.2, 0) is 30.3 Å². The van der Waals surface area contributed by atoms with Gasteiger partial charge in [-0.25, -0.2) is 9.59 Å². The fraction of sp³-hybridized carbons (Fsp3) is 0.421. The van der Waals surface area contributed by atoms with Crippen LogP contribution in [0.3, 0.4) is 0 Å². The Labute approximate surface area is 345 Å². The van der Waals surface area contributed by atoms with Crippen molar-refractivity contribution in [3.05, 3.63) is 87.1 Å². The molecule has 0 aliphatic rings. The molecule has 22 nitrogen and oxygen atoms in total. The largest absolute Gasteiger partial charge is 0.497 e. The fourth-order valence-corrected chi connectivity index (χ4v) is 4.99. The minimum absolute atomic E-state index is 0.0543. The summed E-state index contributed by atoms with van der Waals surface area (Å²) >= 11 is 0. The number of methoxy groups -OCH3 is 3. The molecule has 324 valence electrons. The number of ether oxygens (including phenoxy) is 7. The molecular formula is C38H51N11O11. The predicted octanol–water partition coefficient (Wildman–Crippen LogP) is 2.95. The molecule has 0 spiro atoms. The first kappa shape index (κ1) is 46.2. The number of nitrogens with one attached hydrogen (secondary N) is 6. The molecule has 60 heavy (non-hydrogen) atoms. The van der Waals surface area contributed by atoms with Gasteiger partial charge < -0.3 is 53.7 Å². The second-order valence-corrected chi connectivity index (χ2v) is 12.3. The van der Waals surface area contributed by atoms with Crippen molar-refractivity contribution in [2.75, 3.05) is 116 Å². The molecule has 2 aromatic heterocycles. The second kappa shape index (κ2) is 26.5. The number of azo groups is 1. The SMILES string of the molecule is COCCOCCOCc1cc(=O)nc(NC(=O)NCCN(CCNC(=O)Nc2nc(=O)cc(OCCOCCOC)[nH]2)c2ccc(/N=N/c3ccc(OC)cc3)cc2)[nH]1. The van der Waals surface area contributed by atoms with E-state index in [1.54, 1.807) is 57.7 Å². The van der Waals surface area contributed by atoms with E-state index in [0.717, 1.165) is 11.8 Å². The topological polar surface area (TPSA) is 266 Å². The summed E-state index contributed by atoms with van der Waals surface area (Å²) in [5, 5.41) is 19.1. The molecule has 22 heteroatoms. The first-order valence-corrected chi connectivity index (χ1v) is 18.8. The zero-order valence-corrected chi connectivity index (χ0v) is 33.7. The van der Waals surface area contributed by atoms with Crippen LogP contribution in [0, 0.1) is 0 Å². The van der Waals surface area contributed by atoms with E-state index in [1.165, 1.54) is 6.07 Å². The summed E-state index contributed by atoms with van der Waals surface area (Å²) in [6, 6.07) is 15.6. The van der Waals surface area contributed by atoms with Crippen LogP contribution in [0.25, 0.3) is 0 Å². The number of carbonyl (C=O) groups excluding carboxylic acids is 2. The molecule has 0 saturated heterocycles. The van der Waals surface area contributed by atoms with Crippen molar-refractivity contribution in [1.29, 1.82) is 0 Å². The Morgan fingerprint density at radius 3 is 1.75 bits per heavy atom. The standard InChI is InChI=1S/C38H51N11O11/c1-54-16-18-57-20-21-59-26-29-24-32(50)42-35(41-29)45-37(52)39-12-14-49(30-8-4-27(5-9-30)47-48-28-6-10-31(56-3)11-7-28)15-13-40-38(53)46-36-43-33(51)25-34(44-36)60-23-22-58-19-17-55-2/h4-11,24-25H,12-23,26H2,1-3H3,(H3,39,41,42,45,50,52)(H3,40,43,44,46,51,53)/b48-47+. The quantitative estimate of drug-likeness (QED) is 0.0373. The first-order chi connectivity index (χ1) is 29.2. The lowest BCUT2D eigenvalue weighted by atomic mass is 10.2. The molecule has 4 aromatic rings. The van der Waals surface area contributed by atoms with Crippen LogP contribution >= 0.6 is 0 Å². The Kier molecular flexibility index (Phi) is 20.4. The second-order valence-electron chi connectivity index (χ2n) is 12.3. The van der Waals surface area contributed by atoms with Crippen molar-refractivity contribution in [1.82, 2.24) is 30.6 Å². The van der Waals surface area contributed by atoms with Gasteiger partial charge >= 0.3 is 12.1 Å². The zero-order valence-electron chi connectivity index (χ0n) is 33.7. The number of urea groups is 2. The van der Waals surface area contributed by atoms with E-state index in [0.29, 0.717) is 75.5 Å². The number of benzene rings is 2. The highest BCUT2D eigenvalue weighted by atomic mass is 16.5. The number of rotatable bonds is 27. The molecule has 2 heterocycles. The highest BCUT2D eigenvalue weighted by molar-refractivity contribution is 5.87. The molecular weight excluding hydrogens is 786 g/mol. The molecule has 0 aliphatic heterocycles. The van der Waals surface area contributed by atoms with Crippen molar-refractivity contribution >= 4 is 41.0 Å². The number of hydrogen-bond donors (Lipinski definition) is 6. The molecule has 6 N–H and O–H groups in total. The lowest BCUT2D eigenvalue weighted by Crippen LogP contribution is -2.41. The highest BCUT2D eigenvalue weighted by Crippen LogP contribution is 2.23. The van der Waals surface area contributed by atoms with Gasteiger partial charge in [0.15, 0.2) is 5.88 Å². The van der Waals surface area contributed by atoms with Gasteiger partial charge in [0.05, 0.1) is 77.4 Å². The molecule has 4 rings (SSSR count). The number of carbonyl (C=O) groups is 2. The predicted molar refractivity (Wildman–Crippen MR) is 220 cm³/mol. The van der Waals surface area contributed by atoms with Gasteiger partial charge in [-0.3, -0.25) is 25.2 Å². The third-order valence-corrected chi connectivity index (χ3v) is 7.86. The maximum Gasteiger partial charge on any atom is 0.321 e. The number of amides is 4. The monoisotopic (exact) mass is 837 g/mol. The Balaban J connectivity index is 1.33. The Bertz CT molecular complexity index is 2030. The summed E-state index contributed by atoms with van der Waals surface area (Å²) in [5.41, 5.74) is 1.24. The van der Waals surface area contributed by atoms with Gasteiger partial charge in [0.1, 0.15) is 12.4 Å². The number of aromatic amines is 2. The summed E-state index contributed by atoms with van der Waals surface area (Å²) in [6.45, 7) is 3.78. The van der Waals surface area contributed by atoms with E-state index in [9.17, 15) is 19.2 Å². The fourth-order valence-electron chi connectivity index (χ4n) is 4.99. The van der Waals surface area contributed by atoms with E-state index in [-0.39, 0.29) is 50.7 Å². The van der Waals surface area contributed by atoms with Crippen molar-refractivity contribution in [3.8, 4) is 11.6 Å². The lowest BCUT2D eigenvalue weighted by Gasteiger charge is -2.25. The maximum atomic E-state index is 12.8. The van der Waals surface area contributed by atoms with E-state index in [2.05, 4.69) is 51.4 Å². The summed E-state index contributed by atoms with van der Waals surface area (Å²) in [6.07, 6.45) is 0. The molecule has 4 amide bonds. The number of H-pyrrole nitrogens is 2. The van der Waals surface area contributed by atoms with Gasteiger partial charge in [0, 0.05) is 57.8 Å². The van der Waals surface area contributed by atoms with Crippen LogP contribution in [0.2, 0.25) is 0 Å². The molecule has 0 unspecified atom stereocenters. The lowest BCUT2D eigenvalue weighted by molar-refractivity contribution is 0.0192. The Morgan fingerprint density at radius 1 is 0.650 bits per heavy atom. The smallest absolute Gasteiger partial charge is 0.321 e. The molecule has 2 aromatic carbocycles. The van der Waals surface area contributed by atoms with Crippen molar-refractivity contribution in [2.45, 2.75) is 6.61 Å². The van der Waals surface area contributed by atoms with E-state index < -0.39 is 23.2 Å². The third kappa shape index (κ3) is 18.0. The molecule has 0 aliphatic carbocycles. The van der Waals surface area contributed by atoms with Gasteiger partial charge in [-0.2, -0.15) is 20.2 Å². The zero-order chi connectivity index (χ0) is 42.8. The van der Waals surface area contributed by atoms with Gasteiger partial charge in [-0.1, -0.05) is 0 Å². The molecule has 0 saturated carbocycles. The van der Waals surface area contributed by atoms with Gasteiger partial charge in [0.25, 0.3) is 11.1 Å². The summed E-state index contributed by atoms with van der Waals surface area (Å²) in [7, 11) is 4.74. The van der Waals surface area contributed by atoms with Crippen molar-refractivity contribution in [3.63, 3.8) is 0 Å². The number of aromatic nitrogens is 4. The number of anilines is 3. The average Bonchev–Trinajstić information content (AvgIpc) is 3.23. The van der Waals surface area contributed by atoms with Crippen molar-refractivity contribution < 1.29 is 42.7 Å². The number of nitrogens with zero attached hydrogens (tertiary/aromatic N) is 5. The summed E-state index contributed by atoms with van der Waals surface area (Å²) in [5.74, 6) is 0.646. The minimum atomic E-state index is -0.630. The third-order valence-electron chi connectivity index (χ3n) is 7.86. The van der Waals surface area contributed by atoms with E-state index in [4.69, 9.17) is 33.2 Å². The van der Waals surface area contributed by atoms with E-state index >= 15 is 0 Å². The molecule has 0 radical (unpaired) electrons. The van der Waals surface area contributed by atoms with Crippen LogP contribution < -0.4 is 46.8 Å². The minimum Gasteiger partial charge on any atom is -0.497 e. The van der Waals surface area contributed by atoms with Crippen LogP contribution in [0.1, 0.15) is 5.69 Å². The Morgan fingerprint density at radius 2 is 1.17 bits per heavy atom. The van der Waals surface area contributed by atoms with Gasteiger partial charge in [-0.05, 0) is 48.5 Å². The van der Waals surface area contributed by atoms with Crippen LogP contribution in [-0.4, -0.2) is 132 Å². The summed E-state index contributed by atoms with van der Waals surface area (Å²) in [4.78, 5) is 65.1. The molecule has 0 fully saturated rings. The molecule has 0 atom stereocenters. The average molecular weight is 838 g/mol. The van der Waals surface area contributed by atoms with Gasteiger partial charge in [0.2, 0.25) is 11.9 Å². The van der Waals surface area contributed by atoms with Crippen LogP contribution in [0.4, 0.5) is 38.5 Å². The van der Waals surface area contributed by atoms with Crippen molar-refractivity contribution in [2.24, 2.45) is 10.2 Å². The molecule has 0 bridgehead atoms. The number of hydrogen-bond acceptors (Lipinski definition) is 16. The first-order valence-electron chi connectivity index (χ1n) is 18.8.